The fourth-order valence-corrected chi connectivity index (χ4v) is 11.5. The maximum Gasteiger partial charge on any atom is 0.212 e. The molecule has 0 spiro atoms. The van der Waals surface area contributed by atoms with Crippen LogP contribution < -0.4 is 22.8 Å². The van der Waals surface area contributed by atoms with Gasteiger partial charge in [-0.15, -0.1) is 0 Å². The first-order valence-electron chi connectivity index (χ1n) is 35.2. The number of rotatable bonds is 9. The number of pyridine rings is 5. The van der Waals surface area contributed by atoms with Crippen molar-refractivity contribution in [3.05, 3.63) is 265 Å². The zero-order chi connectivity index (χ0) is 71.6. The molecule has 0 bridgehead atoms. The molecule has 5 aromatic heterocycles. The molecule has 5 heteroatoms. The van der Waals surface area contributed by atoms with Gasteiger partial charge in [-0.05, 0) is 212 Å². The van der Waals surface area contributed by atoms with Gasteiger partial charge in [0.05, 0.1) is 0 Å². The first kappa shape index (κ1) is 87.9. The predicted octanol–water partition coefficient (Wildman–Crippen LogP) is 25.8. The molecule has 100 heavy (non-hydrogen) atoms. The number of hydrogen-bond donors (Lipinski definition) is 0. The van der Waals surface area contributed by atoms with Gasteiger partial charge >= 0.3 is 0 Å². The monoisotopic (exact) mass is 1370 g/mol. The van der Waals surface area contributed by atoms with Gasteiger partial charge in [-0.2, -0.15) is 0 Å². The van der Waals surface area contributed by atoms with Crippen LogP contribution in [0.2, 0.25) is 0 Å². The van der Waals surface area contributed by atoms with Crippen molar-refractivity contribution in [1.82, 2.24) is 0 Å². The highest BCUT2D eigenvalue weighted by Gasteiger charge is 2.20. The summed E-state index contributed by atoms with van der Waals surface area (Å²) in [6, 6.07) is 48.8. The van der Waals surface area contributed by atoms with Crippen LogP contribution in [0.1, 0.15) is 256 Å². The standard InChI is InChI=1S/C19H26N.C18H24N.C17H22N.C16H20N.C15H18N.10CH4/c1-13(2)16-7-9-18(15(5)11-16)19-10-8-17(14(3)4)12-20(19)6;1-12(2)16-7-8-17(14(4)9-16)18-10-13(3)15(5)11-19(18)6;1-12(2)15-7-9-17(18(5)11-15)16-8-6-13(3)10-14(16)4;1-11-6-7-15(13(3)8-11)16-9-12(2)14(4)10-17(16)5;1-11-5-7-14(13(3)9-11)15-8-6-12(2)10-16(15)4;;;;;;;;;;/h7-14H,1-6H3;7-12H,1-6H3;6-12H,1-5H3;6-10H,1-5H3;5-10H,1-4H3;10*1H4/q5*+1;;;;;;;;;;/i;;;;1D3,2D3;;;;;;;;;;. The molecule has 5 nitrogen and oxygen atoms in total. The average Bonchev–Trinajstić information content (AvgIpc) is 0.815. The summed E-state index contributed by atoms with van der Waals surface area (Å²) in [7, 11) is 10.3. The quantitative estimate of drug-likeness (QED) is 0.128. The van der Waals surface area contributed by atoms with Crippen LogP contribution in [0.25, 0.3) is 56.3 Å². The van der Waals surface area contributed by atoms with E-state index in [9.17, 15) is 0 Å². The number of hydrogen-bond acceptors (Lipinski definition) is 0. The van der Waals surface area contributed by atoms with Crippen LogP contribution in [0.5, 0.6) is 0 Å². The first-order chi connectivity index (χ1) is 44.8. The van der Waals surface area contributed by atoms with E-state index in [0.717, 1.165) is 16.8 Å². The summed E-state index contributed by atoms with van der Waals surface area (Å²) in [4.78, 5) is 0. The Morgan fingerprint density at radius 3 is 0.740 bits per heavy atom. The lowest BCUT2D eigenvalue weighted by Crippen LogP contribution is -2.31. The summed E-state index contributed by atoms with van der Waals surface area (Å²) in [5.74, 6) is 2.31. The Morgan fingerprint density at radius 2 is 0.460 bits per heavy atom. The van der Waals surface area contributed by atoms with Crippen LogP contribution in [-0.2, 0) is 35.2 Å². The van der Waals surface area contributed by atoms with Gasteiger partial charge in [0.25, 0.3) is 0 Å². The van der Waals surface area contributed by atoms with Crippen LogP contribution >= 0.6 is 0 Å². The molecule has 10 rings (SSSR count). The molecular weight excluding hydrogens is 1210 g/mol. The van der Waals surface area contributed by atoms with Crippen molar-refractivity contribution in [2.45, 2.75) is 243 Å². The lowest BCUT2D eigenvalue weighted by molar-refractivity contribution is -0.661. The average molecular weight is 1370 g/mol. The third-order valence-corrected chi connectivity index (χ3v) is 17.5. The van der Waals surface area contributed by atoms with E-state index < -0.39 is 13.7 Å². The number of aryl methyl sites for hydroxylation is 18. The van der Waals surface area contributed by atoms with Gasteiger partial charge in [-0.1, -0.05) is 207 Å². The summed E-state index contributed by atoms with van der Waals surface area (Å²) in [5, 5.41) is 0. The summed E-state index contributed by atoms with van der Waals surface area (Å²) in [5.41, 5.74) is 32.5. The molecule has 10 aromatic rings. The Kier molecular flexibility index (Phi) is 39.5. The van der Waals surface area contributed by atoms with Crippen molar-refractivity contribution >= 4 is 0 Å². The third-order valence-electron chi connectivity index (χ3n) is 17.5. The van der Waals surface area contributed by atoms with Crippen LogP contribution in [0.15, 0.2) is 171 Å². The smallest absolute Gasteiger partial charge is 0.201 e. The Bertz CT molecular complexity index is 4240. The lowest BCUT2D eigenvalue weighted by Gasteiger charge is -2.11. The highest BCUT2D eigenvalue weighted by molar-refractivity contribution is 5.66. The van der Waals surface area contributed by atoms with E-state index >= 15 is 0 Å². The summed E-state index contributed by atoms with van der Waals surface area (Å²) < 4.78 is 55.3. The highest BCUT2D eigenvalue weighted by Crippen LogP contribution is 2.29. The van der Waals surface area contributed by atoms with Gasteiger partial charge in [0.2, 0.25) is 28.5 Å². The molecular formula is C95H150N5+5. The first-order valence-corrected chi connectivity index (χ1v) is 32.2. The van der Waals surface area contributed by atoms with E-state index in [0.29, 0.717) is 29.2 Å². The molecule has 0 saturated carbocycles. The molecule has 0 aliphatic carbocycles. The fraction of sp³-hybridized carbons (Fsp3) is 0.421. The van der Waals surface area contributed by atoms with Crippen LogP contribution in [-0.4, -0.2) is 0 Å². The molecule has 0 amide bonds. The van der Waals surface area contributed by atoms with E-state index in [1.807, 2.05) is 6.92 Å². The Labute approximate surface area is 627 Å². The van der Waals surface area contributed by atoms with Gasteiger partial charge in [0.1, 0.15) is 35.2 Å². The Morgan fingerprint density at radius 1 is 0.220 bits per heavy atom. The molecule has 5 heterocycles. The van der Waals surface area contributed by atoms with Crippen LogP contribution in [0.3, 0.4) is 0 Å². The van der Waals surface area contributed by atoms with Gasteiger partial charge < -0.3 is 0 Å². The van der Waals surface area contributed by atoms with Crippen molar-refractivity contribution < 1.29 is 31.1 Å². The molecule has 0 aliphatic rings. The summed E-state index contributed by atoms with van der Waals surface area (Å²) >= 11 is 0. The minimum Gasteiger partial charge on any atom is -0.201 e. The second-order valence-electron chi connectivity index (χ2n) is 26.5. The van der Waals surface area contributed by atoms with Gasteiger partial charge in [0.15, 0.2) is 31.0 Å². The molecule has 0 N–H and O–H groups in total. The minimum atomic E-state index is -2.14. The van der Waals surface area contributed by atoms with Gasteiger partial charge in [-0.25, -0.2) is 22.8 Å². The fourth-order valence-electron chi connectivity index (χ4n) is 11.5. The molecule has 550 valence electrons. The minimum absolute atomic E-state index is 0. The van der Waals surface area contributed by atoms with E-state index in [-0.39, 0.29) is 79.8 Å². The lowest BCUT2D eigenvalue weighted by atomic mass is 9.95. The SMILES string of the molecule is C.C.C.C.C.C.C.C.C.C.Cc1cc(-c2ccc(C(C)C)cc2C)[n+](C)cc1C.Cc1cc(C(C)C)ccc1-c1ccc(C(C)C)c[n+]1C.Cc1ccc(-c2cc(C)c(C)c[n+]2C)c(C)c1.Cc1ccc(-c2ccc(C(C)C)c[n+]2C)c(C)c1.[2H]C([2H])([2H])c1ccc(-c2ccc(C([2H])([2H])[2H])c[n+]2C)c(C)c1. The Hall–Kier alpha value is -8.15. The molecule has 5 aromatic carbocycles. The maximum absolute atomic E-state index is 7.45. The van der Waals surface area contributed by atoms with E-state index in [4.69, 9.17) is 8.22 Å². The highest BCUT2D eigenvalue weighted by atomic mass is 14.9. The van der Waals surface area contributed by atoms with Crippen molar-refractivity contribution in [2.24, 2.45) is 35.2 Å². The van der Waals surface area contributed by atoms with E-state index in [1.165, 1.54) is 123 Å². The molecule has 0 radical (unpaired) electrons. The molecule has 0 aliphatic heterocycles. The number of benzene rings is 5. The second-order valence-corrected chi connectivity index (χ2v) is 26.5. The van der Waals surface area contributed by atoms with E-state index in [1.54, 1.807) is 48.1 Å². The molecule has 0 fully saturated rings. The summed E-state index contributed by atoms with van der Waals surface area (Å²) in [6.45, 7) is 37.2. The van der Waals surface area contributed by atoms with E-state index in [2.05, 4.69) is 305 Å². The zero-order valence-corrected chi connectivity index (χ0v) is 59.2. The molecule has 0 atom stereocenters. The largest absolute Gasteiger partial charge is 0.212 e. The zero-order valence-electron chi connectivity index (χ0n) is 65.2. The number of aromatic nitrogens is 5. The van der Waals surface area contributed by atoms with Gasteiger partial charge in [0, 0.05) is 94.2 Å². The summed E-state index contributed by atoms with van der Waals surface area (Å²) in [6.07, 6.45) is 10.5. The van der Waals surface area contributed by atoms with Crippen molar-refractivity contribution in [1.29, 1.82) is 0 Å². The van der Waals surface area contributed by atoms with Gasteiger partial charge in [-0.3, -0.25) is 0 Å². The van der Waals surface area contributed by atoms with Crippen molar-refractivity contribution in [3.8, 4) is 56.3 Å². The van der Waals surface area contributed by atoms with Crippen molar-refractivity contribution in [3.63, 3.8) is 0 Å². The molecule has 0 saturated heterocycles. The third kappa shape index (κ3) is 26.4. The van der Waals surface area contributed by atoms with Crippen molar-refractivity contribution in [2.75, 3.05) is 0 Å². The number of nitrogens with zero attached hydrogens (tertiary/aromatic N) is 5. The normalized spacial score (nSPS) is 11.0. The maximum atomic E-state index is 7.45. The second kappa shape index (κ2) is 44.9. The topological polar surface area (TPSA) is 19.4 Å². The predicted molar refractivity (Wildman–Crippen MR) is 451 cm³/mol. The Balaban J connectivity index is -0.000000393. The van der Waals surface area contributed by atoms with Crippen LogP contribution in [0, 0.1) is 89.9 Å². The molecule has 0 unspecified atom stereocenters. The van der Waals surface area contributed by atoms with Crippen LogP contribution in [0.4, 0.5) is 0 Å².